The van der Waals surface area contributed by atoms with Crippen molar-refractivity contribution in [2.45, 2.75) is 18.9 Å². The second-order valence-electron chi connectivity index (χ2n) is 5.00. The Labute approximate surface area is 122 Å². The number of anilines is 1. The van der Waals surface area contributed by atoms with Crippen LogP contribution in [0.25, 0.3) is 0 Å². The molecule has 2 heterocycles. The van der Waals surface area contributed by atoms with Crippen LogP contribution in [0, 0.1) is 0 Å². The molecule has 1 saturated heterocycles. The van der Waals surface area contributed by atoms with E-state index in [1.165, 1.54) is 12.0 Å². The highest BCUT2D eigenvalue weighted by molar-refractivity contribution is 6.31. The lowest BCUT2D eigenvalue weighted by atomic mass is 10.1. The molecule has 2 aliphatic heterocycles. The van der Waals surface area contributed by atoms with Gasteiger partial charge in [-0.1, -0.05) is 11.6 Å². The van der Waals surface area contributed by atoms with Crippen LogP contribution in [0.1, 0.15) is 23.2 Å². The van der Waals surface area contributed by atoms with Crippen LogP contribution >= 0.6 is 11.6 Å². The molecular weight excluding hydrogens is 280 g/mol. The van der Waals surface area contributed by atoms with Crippen molar-refractivity contribution in [2.75, 3.05) is 25.3 Å². The molecule has 0 aromatic heterocycles. The van der Waals surface area contributed by atoms with Gasteiger partial charge in [0.1, 0.15) is 12.8 Å². The summed E-state index contributed by atoms with van der Waals surface area (Å²) in [6, 6.07) is 4.61. The maximum Gasteiger partial charge on any atom is 0.256 e. The molecule has 0 saturated carbocycles. The number of methoxy groups -OCH3 is 1. The highest BCUT2D eigenvalue weighted by atomic mass is 35.5. The normalized spacial score (nSPS) is 21.8. The molecular formula is C14H15ClN2O3. The van der Waals surface area contributed by atoms with E-state index < -0.39 is 0 Å². The van der Waals surface area contributed by atoms with Gasteiger partial charge in [0.15, 0.2) is 0 Å². The third-order valence-electron chi connectivity index (χ3n) is 3.80. The number of amides is 2. The number of fused-ring (bicyclic) bond motifs is 2. The molecule has 6 heteroatoms. The van der Waals surface area contributed by atoms with Crippen LogP contribution in [0.4, 0.5) is 5.69 Å². The van der Waals surface area contributed by atoms with Crippen molar-refractivity contribution in [1.82, 2.24) is 4.90 Å². The van der Waals surface area contributed by atoms with E-state index in [1.54, 1.807) is 23.1 Å². The van der Waals surface area contributed by atoms with E-state index in [0.29, 0.717) is 29.2 Å². The molecule has 1 aromatic rings. The third kappa shape index (κ3) is 1.98. The van der Waals surface area contributed by atoms with E-state index in [4.69, 9.17) is 16.3 Å². The smallest absolute Gasteiger partial charge is 0.256 e. The summed E-state index contributed by atoms with van der Waals surface area (Å²) in [5, 5.41) is 0.493. The quantitative estimate of drug-likeness (QED) is 0.837. The minimum absolute atomic E-state index is 0.0984. The van der Waals surface area contributed by atoms with Crippen molar-refractivity contribution in [2.24, 2.45) is 0 Å². The summed E-state index contributed by atoms with van der Waals surface area (Å²) in [5.74, 6) is -0.204. The Morgan fingerprint density at radius 1 is 1.40 bits per heavy atom. The predicted molar refractivity (Wildman–Crippen MR) is 74.9 cm³/mol. The van der Waals surface area contributed by atoms with Crippen molar-refractivity contribution >= 4 is 29.1 Å². The maximum absolute atomic E-state index is 12.6. The molecule has 1 fully saturated rings. The fourth-order valence-corrected chi connectivity index (χ4v) is 3.06. The number of carbonyl (C=O) groups excluding carboxylic acids is 2. The molecule has 0 N–H and O–H groups in total. The molecule has 1 atom stereocenters. The zero-order valence-corrected chi connectivity index (χ0v) is 11.9. The molecule has 106 valence electrons. The molecule has 0 radical (unpaired) electrons. The number of carbonyl (C=O) groups is 2. The first-order valence-corrected chi connectivity index (χ1v) is 6.92. The van der Waals surface area contributed by atoms with Crippen LogP contribution in [0.15, 0.2) is 18.2 Å². The van der Waals surface area contributed by atoms with Gasteiger partial charge in [-0.15, -0.1) is 0 Å². The number of nitrogens with zero attached hydrogens (tertiary/aromatic N) is 2. The first-order valence-electron chi connectivity index (χ1n) is 6.54. The SMILES string of the molecule is COCN1C(=O)[C@@H]2CCCN2C(=O)c2ccc(Cl)cc21. The summed E-state index contributed by atoms with van der Waals surface area (Å²) < 4.78 is 5.12. The van der Waals surface area contributed by atoms with E-state index >= 15 is 0 Å². The van der Waals surface area contributed by atoms with Gasteiger partial charge in [-0.2, -0.15) is 0 Å². The number of rotatable bonds is 2. The first kappa shape index (κ1) is 13.4. The largest absolute Gasteiger partial charge is 0.364 e. The summed E-state index contributed by atoms with van der Waals surface area (Å²) in [6.07, 6.45) is 1.55. The minimum atomic E-state index is -0.385. The lowest BCUT2D eigenvalue weighted by Gasteiger charge is -2.25. The molecule has 0 aliphatic carbocycles. The topological polar surface area (TPSA) is 49.9 Å². The Bertz CT molecular complexity index is 576. The summed E-state index contributed by atoms with van der Waals surface area (Å²) in [6.45, 7) is 0.738. The second-order valence-corrected chi connectivity index (χ2v) is 5.44. The number of hydrogen-bond donors (Lipinski definition) is 0. The highest BCUT2D eigenvalue weighted by Gasteiger charge is 2.41. The van der Waals surface area contributed by atoms with Crippen molar-refractivity contribution in [3.63, 3.8) is 0 Å². The van der Waals surface area contributed by atoms with Gasteiger partial charge in [-0.05, 0) is 31.0 Å². The van der Waals surface area contributed by atoms with Gasteiger partial charge in [-0.3, -0.25) is 14.5 Å². The number of halogens is 1. The summed E-state index contributed by atoms with van der Waals surface area (Å²) in [5.41, 5.74) is 1.04. The Balaban J connectivity index is 2.15. The fraction of sp³-hybridized carbons (Fsp3) is 0.429. The summed E-state index contributed by atoms with van der Waals surface area (Å²) in [7, 11) is 1.52. The third-order valence-corrected chi connectivity index (χ3v) is 4.04. The van der Waals surface area contributed by atoms with Gasteiger partial charge >= 0.3 is 0 Å². The molecule has 3 rings (SSSR count). The van der Waals surface area contributed by atoms with Crippen molar-refractivity contribution in [3.8, 4) is 0 Å². The van der Waals surface area contributed by atoms with Crippen molar-refractivity contribution in [3.05, 3.63) is 28.8 Å². The number of ether oxygens (including phenoxy) is 1. The van der Waals surface area contributed by atoms with Gasteiger partial charge in [0.2, 0.25) is 0 Å². The van der Waals surface area contributed by atoms with E-state index in [0.717, 1.165) is 6.42 Å². The molecule has 0 bridgehead atoms. The van der Waals surface area contributed by atoms with E-state index in [9.17, 15) is 9.59 Å². The van der Waals surface area contributed by atoms with Gasteiger partial charge in [0, 0.05) is 18.7 Å². The Morgan fingerprint density at radius 2 is 2.20 bits per heavy atom. The molecule has 0 unspecified atom stereocenters. The monoisotopic (exact) mass is 294 g/mol. The van der Waals surface area contributed by atoms with Crippen molar-refractivity contribution in [1.29, 1.82) is 0 Å². The minimum Gasteiger partial charge on any atom is -0.364 e. The maximum atomic E-state index is 12.6. The Morgan fingerprint density at radius 3 is 2.95 bits per heavy atom. The molecule has 20 heavy (non-hydrogen) atoms. The predicted octanol–water partition coefficient (Wildman–Crippen LogP) is 1.90. The average Bonchev–Trinajstić information content (AvgIpc) is 2.90. The number of benzene rings is 1. The van der Waals surface area contributed by atoms with Gasteiger partial charge in [-0.25, -0.2) is 0 Å². The standard InChI is InChI=1S/C14H15ClN2O3/c1-20-8-17-12-7-9(15)4-5-10(12)13(18)16-6-2-3-11(16)14(17)19/h4-5,7,11H,2-3,6,8H2,1H3/t11-/m0/s1. The van der Waals surface area contributed by atoms with Crippen LogP contribution in [0.3, 0.4) is 0 Å². The van der Waals surface area contributed by atoms with E-state index in [-0.39, 0.29) is 24.6 Å². The van der Waals surface area contributed by atoms with E-state index in [1.807, 2.05) is 0 Å². The van der Waals surface area contributed by atoms with E-state index in [2.05, 4.69) is 0 Å². The van der Waals surface area contributed by atoms with Gasteiger partial charge in [0.05, 0.1) is 11.3 Å². The van der Waals surface area contributed by atoms with Crippen molar-refractivity contribution < 1.29 is 14.3 Å². The molecule has 0 spiro atoms. The lowest BCUT2D eigenvalue weighted by molar-refractivity contribution is -0.123. The van der Waals surface area contributed by atoms with Crippen LogP contribution in [0.5, 0.6) is 0 Å². The lowest BCUT2D eigenvalue weighted by Crippen LogP contribution is -2.45. The van der Waals surface area contributed by atoms with Crippen LogP contribution in [-0.4, -0.2) is 43.1 Å². The van der Waals surface area contributed by atoms with Crippen LogP contribution < -0.4 is 4.90 Å². The Kier molecular flexibility index (Phi) is 3.40. The average molecular weight is 295 g/mol. The van der Waals surface area contributed by atoms with Crippen LogP contribution in [0.2, 0.25) is 5.02 Å². The summed E-state index contributed by atoms with van der Waals surface area (Å²) >= 11 is 6.01. The highest BCUT2D eigenvalue weighted by Crippen LogP contribution is 2.33. The second kappa shape index (κ2) is 5.07. The first-order chi connectivity index (χ1) is 9.63. The van der Waals surface area contributed by atoms with Gasteiger partial charge < -0.3 is 9.64 Å². The summed E-state index contributed by atoms with van der Waals surface area (Å²) in [4.78, 5) is 28.4. The van der Waals surface area contributed by atoms with Crippen LogP contribution in [-0.2, 0) is 9.53 Å². The molecule has 1 aromatic carbocycles. The Hall–Kier alpha value is -1.59. The molecule has 2 aliphatic rings. The fourth-order valence-electron chi connectivity index (χ4n) is 2.89. The molecule has 2 amide bonds. The zero-order valence-electron chi connectivity index (χ0n) is 11.1. The zero-order chi connectivity index (χ0) is 14.3. The molecule has 5 nitrogen and oxygen atoms in total. The van der Waals surface area contributed by atoms with Gasteiger partial charge in [0.25, 0.3) is 11.8 Å². The number of hydrogen-bond acceptors (Lipinski definition) is 3.